The molecular formula is C24H17N3O. The number of fused-ring (bicyclic) bond motifs is 3. The predicted molar refractivity (Wildman–Crippen MR) is 109 cm³/mol. The number of nitrogens with zero attached hydrogens (tertiary/aromatic N) is 3. The molecule has 0 spiro atoms. The molecule has 0 saturated carbocycles. The number of benzene rings is 2. The Balaban J connectivity index is 1.73. The number of hydrogen-bond donors (Lipinski definition) is 0. The van der Waals surface area contributed by atoms with Gasteiger partial charge in [-0.15, -0.1) is 0 Å². The summed E-state index contributed by atoms with van der Waals surface area (Å²) >= 11 is 0. The summed E-state index contributed by atoms with van der Waals surface area (Å²) in [7, 11) is 0. The topological polar surface area (TPSA) is 46.1 Å². The monoisotopic (exact) mass is 363 g/mol. The minimum atomic E-state index is -0.199. The second-order valence-electron chi connectivity index (χ2n) is 6.69. The Morgan fingerprint density at radius 1 is 0.679 bits per heavy atom. The summed E-state index contributed by atoms with van der Waals surface area (Å²) < 4.78 is 0. The summed E-state index contributed by atoms with van der Waals surface area (Å²) in [5.74, 6) is -0.0647. The molecule has 0 atom stereocenters. The van der Waals surface area contributed by atoms with Crippen molar-refractivity contribution in [2.75, 3.05) is 4.90 Å². The van der Waals surface area contributed by atoms with Crippen LogP contribution in [0.1, 0.15) is 27.5 Å². The Kier molecular flexibility index (Phi) is 3.95. The van der Waals surface area contributed by atoms with Gasteiger partial charge >= 0.3 is 0 Å². The number of carbonyl (C=O) groups excluding carboxylic acids is 1. The first-order chi connectivity index (χ1) is 13.8. The summed E-state index contributed by atoms with van der Waals surface area (Å²) in [5, 5.41) is 0. The molecule has 5 rings (SSSR count). The van der Waals surface area contributed by atoms with Crippen molar-refractivity contribution in [3.05, 3.63) is 114 Å². The highest BCUT2D eigenvalue weighted by Crippen LogP contribution is 2.47. The van der Waals surface area contributed by atoms with Crippen LogP contribution in [0.15, 0.2) is 97.6 Å². The lowest BCUT2D eigenvalue weighted by atomic mass is 10.0. The van der Waals surface area contributed by atoms with Crippen molar-refractivity contribution >= 4 is 11.6 Å². The van der Waals surface area contributed by atoms with Gasteiger partial charge in [0.1, 0.15) is 0 Å². The van der Waals surface area contributed by atoms with Gasteiger partial charge in [0.05, 0.1) is 6.04 Å². The average molecular weight is 363 g/mol. The molecule has 2 heterocycles. The molecule has 28 heavy (non-hydrogen) atoms. The molecule has 4 nitrogen and oxygen atoms in total. The molecule has 1 aliphatic carbocycles. The molecule has 4 aromatic rings. The van der Waals surface area contributed by atoms with Crippen LogP contribution in [0.5, 0.6) is 0 Å². The van der Waals surface area contributed by atoms with Crippen LogP contribution in [-0.2, 0) is 0 Å². The number of pyridine rings is 2. The number of anilines is 1. The van der Waals surface area contributed by atoms with E-state index in [-0.39, 0.29) is 11.9 Å². The SMILES string of the molecule is O=C(c1ccncc1)N(c1ccncc1)C1c2ccccc2-c2ccccc21. The standard InChI is InChI=1S/C24H17N3O/c28-24(17-9-13-25-14-10-17)27(18-11-15-26-16-12-18)23-21-7-3-1-5-19(21)20-6-2-4-8-22(20)23/h1-16,23H. The number of carbonyl (C=O) groups is 1. The van der Waals surface area contributed by atoms with E-state index in [9.17, 15) is 4.79 Å². The molecule has 0 saturated heterocycles. The Morgan fingerprint density at radius 3 is 1.75 bits per heavy atom. The highest BCUT2D eigenvalue weighted by Gasteiger charge is 2.36. The number of hydrogen-bond acceptors (Lipinski definition) is 3. The molecule has 134 valence electrons. The fraction of sp³-hybridized carbons (Fsp3) is 0.0417. The zero-order chi connectivity index (χ0) is 18.9. The fourth-order valence-corrected chi connectivity index (χ4v) is 3.93. The molecule has 0 unspecified atom stereocenters. The molecule has 2 aromatic carbocycles. The third kappa shape index (κ3) is 2.58. The summed E-state index contributed by atoms with van der Waals surface area (Å²) in [6, 6.07) is 23.7. The molecule has 2 aromatic heterocycles. The van der Waals surface area contributed by atoms with Crippen LogP contribution in [0.2, 0.25) is 0 Å². The summed E-state index contributed by atoms with van der Waals surface area (Å²) in [5.41, 5.74) is 6.02. The molecular weight excluding hydrogens is 346 g/mol. The van der Waals surface area contributed by atoms with Crippen molar-refractivity contribution in [2.45, 2.75) is 6.04 Å². The number of rotatable bonds is 3. The van der Waals surface area contributed by atoms with Crippen molar-refractivity contribution in [1.29, 1.82) is 0 Å². The van der Waals surface area contributed by atoms with Gasteiger partial charge in [0.25, 0.3) is 5.91 Å². The van der Waals surface area contributed by atoms with E-state index in [0.717, 1.165) is 16.8 Å². The Hall–Kier alpha value is -3.79. The van der Waals surface area contributed by atoms with Gasteiger partial charge in [-0.2, -0.15) is 0 Å². The van der Waals surface area contributed by atoms with Gasteiger partial charge in [-0.3, -0.25) is 19.7 Å². The van der Waals surface area contributed by atoms with E-state index in [0.29, 0.717) is 5.56 Å². The van der Waals surface area contributed by atoms with Gasteiger partial charge in [-0.25, -0.2) is 0 Å². The minimum absolute atomic E-state index is 0.0647. The van der Waals surface area contributed by atoms with Gasteiger partial charge < -0.3 is 0 Å². The van der Waals surface area contributed by atoms with E-state index in [2.05, 4.69) is 34.2 Å². The normalized spacial score (nSPS) is 12.3. The lowest BCUT2D eigenvalue weighted by Gasteiger charge is -2.31. The predicted octanol–water partition coefficient (Wildman–Crippen LogP) is 4.89. The lowest BCUT2D eigenvalue weighted by molar-refractivity contribution is 0.0980. The average Bonchev–Trinajstić information content (AvgIpc) is 3.10. The highest BCUT2D eigenvalue weighted by atomic mass is 16.2. The highest BCUT2D eigenvalue weighted by molar-refractivity contribution is 6.07. The van der Waals surface area contributed by atoms with Crippen molar-refractivity contribution in [1.82, 2.24) is 9.97 Å². The second kappa shape index (κ2) is 6.74. The van der Waals surface area contributed by atoms with Crippen molar-refractivity contribution in [3.63, 3.8) is 0 Å². The smallest absolute Gasteiger partial charge is 0.259 e. The third-order valence-corrected chi connectivity index (χ3v) is 5.15. The Bertz CT molecular complexity index is 1100. The molecule has 1 amide bonds. The zero-order valence-electron chi connectivity index (χ0n) is 15.1. The maximum Gasteiger partial charge on any atom is 0.259 e. The maximum absolute atomic E-state index is 13.6. The third-order valence-electron chi connectivity index (χ3n) is 5.15. The van der Waals surface area contributed by atoms with Gasteiger partial charge in [0.2, 0.25) is 0 Å². The molecule has 4 heteroatoms. The summed E-state index contributed by atoms with van der Waals surface area (Å²) in [4.78, 5) is 23.7. The van der Waals surface area contributed by atoms with Crippen LogP contribution in [0.3, 0.4) is 0 Å². The first-order valence-corrected chi connectivity index (χ1v) is 9.16. The second-order valence-corrected chi connectivity index (χ2v) is 6.69. The van der Waals surface area contributed by atoms with Crippen molar-refractivity contribution in [3.8, 4) is 11.1 Å². The zero-order valence-corrected chi connectivity index (χ0v) is 15.1. The molecule has 0 radical (unpaired) electrons. The van der Waals surface area contributed by atoms with E-state index in [1.54, 1.807) is 36.9 Å². The lowest BCUT2D eigenvalue weighted by Crippen LogP contribution is -2.34. The van der Waals surface area contributed by atoms with Crippen LogP contribution in [0.4, 0.5) is 5.69 Å². The van der Waals surface area contributed by atoms with Gasteiger partial charge in [-0.05, 0) is 46.5 Å². The maximum atomic E-state index is 13.6. The molecule has 0 aliphatic heterocycles. The molecule has 1 aliphatic rings. The van der Waals surface area contributed by atoms with E-state index in [4.69, 9.17) is 0 Å². The van der Waals surface area contributed by atoms with Gasteiger partial charge in [-0.1, -0.05) is 48.5 Å². The number of aromatic nitrogens is 2. The first kappa shape index (κ1) is 16.4. The van der Waals surface area contributed by atoms with E-state index < -0.39 is 0 Å². The van der Waals surface area contributed by atoms with Crippen LogP contribution in [0, 0.1) is 0 Å². The van der Waals surface area contributed by atoms with E-state index in [1.165, 1.54) is 11.1 Å². The van der Waals surface area contributed by atoms with Crippen molar-refractivity contribution in [2.24, 2.45) is 0 Å². The molecule has 0 N–H and O–H groups in total. The quantitative estimate of drug-likeness (QED) is 0.520. The Morgan fingerprint density at radius 2 is 1.18 bits per heavy atom. The van der Waals surface area contributed by atoms with Crippen molar-refractivity contribution < 1.29 is 4.79 Å². The molecule has 0 bridgehead atoms. The summed E-state index contributed by atoms with van der Waals surface area (Å²) in [6.07, 6.45) is 6.73. The Labute approximate surface area is 163 Å². The first-order valence-electron chi connectivity index (χ1n) is 9.16. The van der Waals surface area contributed by atoms with Gasteiger partial charge in [0, 0.05) is 36.0 Å². The van der Waals surface area contributed by atoms with Gasteiger partial charge in [0.15, 0.2) is 0 Å². The minimum Gasteiger partial charge on any atom is -0.297 e. The number of amides is 1. The van der Waals surface area contributed by atoms with Crippen LogP contribution < -0.4 is 4.90 Å². The largest absolute Gasteiger partial charge is 0.297 e. The van der Waals surface area contributed by atoms with E-state index in [1.807, 2.05) is 41.3 Å². The van der Waals surface area contributed by atoms with Crippen LogP contribution in [0.25, 0.3) is 11.1 Å². The van der Waals surface area contributed by atoms with Crippen LogP contribution >= 0.6 is 0 Å². The van der Waals surface area contributed by atoms with E-state index >= 15 is 0 Å². The van der Waals surface area contributed by atoms with Crippen LogP contribution in [-0.4, -0.2) is 15.9 Å². The summed E-state index contributed by atoms with van der Waals surface area (Å²) in [6.45, 7) is 0. The fourth-order valence-electron chi connectivity index (χ4n) is 3.93. The molecule has 0 fully saturated rings.